The van der Waals surface area contributed by atoms with Gasteiger partial charge in [0.15, 0.2) is 5.96 Å². The van der Waals surface area contributed by atoms with E-state index >= 15 is 0 Å². The Balaban J connectivity index is 0.00000243. The molecule has 1 saturated heterocycles. The van der Waals surface area contributed by atoms with E-state index in [4.69, 9.17) is 4.52 Å². The van der Waals surface area contributed by atoms with Gasteiger partial charge in [-0.3, -0.25) is 4.99 Å². The fourth-order valence-corrected chi connectivity index (χ4v) is 4.20. The number of aliphatic imine (C=N–C) groups is 1. The third kappa shape index (κ3) is 5.39. The molecule has 7 heteroatoms. The maximum atomic E-state index is 5.23. The lowest BCUT2D eigenvalue weighted by molar-refractivity contribution is 0.392. The molecule has 26 heavy (non-hydrogen) atoms. The van der Waals surface area contributed by atoms with Crippen LogP contribution < -0.4 is 5.32 Å². The molecule has 0 spiro atoms. The van der Waals surface area contributed by atoms with Gasteiger partial charge in [-0.15, -0.1) is 35.7 Å². The van der Waals surface area contributed by atoms with E-state index in [0.717, 1.165) is 41.8 Å². The molecule has 5 nitrogen and oxygen atoms in total. The predicted molar refractivity (Wildman–Crippen MR) is 118 cm³/mol. The smallest absolute Gasteiger partial charge is 0.193 e. The Bertz CT molecular complexity index is 700. The molecule has 1 aromatic carbocycles. The van der Waals surface area contributed by atoms with Crippen LogP contribution in [0.1, 0.15) is 23.4 Å². The minimum atomic E-state index is 0. The third-order valence-electron chi connectivity index (χ3n) is 4.63. The number of halogens is 1. The van der Waals surface area contributed by atoms with Crippen LogP contribution in [0.2, 0.25) is 0 Å². The summed E-state index contributed by atoms with van der Waals surface area (Å²) in [4.78, 5) is 8.16. The molecule has 2 heterocycles. The van der Waals surface area contributed by atoms with Crippen molar-refractivity contribution in [2.45, 2.75) is 31.7 Å². The highest BCUT2D eigenvalue weighted by molar-refractivity contribution is 14.0. The number of nitrogens with zero attached hydrogens (tertiary/aromatic N) is 3. The van der Waals surface area contributed by atoms with Gasteiger partial charge in [-0.05, 0) is 38.3 Å². The largest absolute Gasteiger partial charge is 0.361 e. The Morgan fingerprint density at radius 2 is 2.12 bits per heavy atom. The van der Waals surface area contributed by atoms with Crippen molar-refractivity contribution in [3.8, 4) is 0 Å². The molecule has 1 aliphatic heterocycles. The van der Waals surface area contributed by atoms with Crippen molar-refractivity contribution in [3.05, 3.63) is 47.3 Å². The average Bonchev–Trinajstić information content (AvgIpc) is 3.23. The van der Waals surface area contributed by atoms with Crippen molar-refractivity contribution in [3.63, 3.8) is 0 Å². The van der Waals surface area contributed by atoms with Crippen molar-refractivity contribution in [2.75, 3.05) is 25.9 Å². The summed E-state index contributed by atoms with van der Waals surface area (Å²) in [5.74, 6) is 3.69. The first-order valence-electron chi connectivity index (χ1n) is 8.72. The average molecular weight is 486 g/mol. The number of nitrogens with one attached hydrogen (secondary N) is 1. The van der Waals surface area contributed by atoms with Gasteiger partial charge in [0, 0.05) is 42.9 Å². The van der Waals surface area contributed by atoms with Gasteiger partial charge in [0.05, 0.1) is 5.69 Å². The van der Waals surface area contributed by atoms with Gasteiger partial charge >= 0.3 is 0 Å². The summed E-state index contributed by atoms with van der Waals surface area (Å²) in [5, 5.41) is 7.47. The van der Waals surface area contributed by atoms with Gasteiger partial charge in [0.2, 0.25) is 0 Å². The number of benzene rings is 1. The fraction of sp³-hybridized carbons (Fsp3) is 0.474. The molecule has 1 aromatic heterocycles. The van der Waals surface area contributed by atoms with Crippen LogP contribution in [0.4, 0.5) is 0 Å². The molecule has 1 unspecified atom stereocenters. The van der Waals surface area contributed by atoms with Crippen LogP contribution in [0.3, 0.4) is 0 Å². The zero-order chi connectivity index (χ0) is 17.6. The molecule has 2 aromatic rings. The maximum Gasteiger partial charge on any atom is 0.193 e. The fourth-order valence-electron chi connectivity index (χ4n) is 3.15. The molecule has 1 aliphatic rings. The van der Waals surface area contributed by atoms with Crippen LogP contribution in [0.5, 0.6) is 0 Å². The molecule has 1 fully saturated rings. The highest BCUT2D eigenvalue weighted by atomic mass is 127. The van der Waals surface area contributed by atoms with Crippen LogP contribution in [0, 0.1) is 19.8 Å². The minimum absolute atomic E-state index is 0. The molecule has 0 amide bonds. The monoisotopic (exact) mass is 486 g/mol. The number of hydrogen-bond acceptors (Lipinski definition) is 4. The van der Waals surface area contributed by atoms with Crippen LogP contribution in [0.25, 0.3) is 0 Å². The van der Waals surface area contributed by atoms with Crippen LogP contribution >= 0.6 is 35.7 Å². The first-order valence-corrected chi connectivity index (χ1v) is 9.71. The summed E-state index contributed by atoms with van der Waals surface area (Å²) in [6, 6.07) is 10.6. The van der Waals surface area contributed by atoms with E-state index in [2.05, 4.69) is 50.7 Å². The highest BCUT2D eigenvalue weighted by Crippen LogP contribution is 2.26. The number of thioether (sulfide) groups is 1. The van der Waals surface area contributed by atoms with Crippen LogP contribution in [0.15, 0.2) is 44.7 Å². The SMILES string of the molecule is CN=C(NCc1c(C)noc1C)N1CCC(CSc2ccccc2)C1.I. The van der Waals surface area contributed by atoms with E-state index < -0.39 is 0 Å². The minimum Gasteiger partial charge on any atom is -0.361 e. The number of likely N-dealkylation sites (tertiary alicyclic amines) is 1. The van der Waals surface area contributed by atoms with Crippen LogP contribution in [-0.2, 0) is 6.54 Å². The van der Waals surface area contributed by atoms with E-state index in [1.165, 1.54) is 11.3 Å². The van der Waals surface area contributed by atoms with Crippen molar-refractivity contribution in [1.29, 1.82) is 0 Å². The van der Waals surface area contributed by atoms with Gasteiger partial charge in [0.25, 0.3) is 0 Å². The molecule has 0 aliphatic carbocycles. The number of aryl methyl sites for hydroxylation is 2. The number of rotatable bonds is 5. The van der Waals surface area contributed by atoms with E-state index in [0.29, 0.717) is 12.5 Å². The predicted octanol–water partition coefficient (Wildman–Crippen LogP) is 4.10. The summed E-state index contributed by atoms with van der Waals surface area (Å²) < 4.78 is 5.23. The molecule has 0 radical (unpaired) electrons. The van der Waals surface area contributed by atoms with Crippen molar-refractivity contribution < 1.29 is 4.52 Å². The Kier molecular flexibility index (Phi) is 8.27. The Morgan fingerprint density at radius 3 is 2.77 bits per heavy atom. The standard InChI is InChI=1S/C19H26N4OS.HI/c1-14-18(15(2)24-22-14)11-21-19(20-3)23-10-9-16(12-23)13-25-17-7-5-4-6-8-17;/h4-8,16H,9-13H2,1-3H3,(H,20,21);1H. The Hall–Kier alpha value is -1.22. The van der Waals surface area contributed by atoms with E-state index in [-0.39, 0.29) is 24.0 Å². The topological polar surface area (TPSA) is 53.7 Å². The second-order valence-corrected chi connectivity index (χ2v) is 7.52. The zero-order valence-electron chi connectivity index (χ0n) is 15.6. The molecular formula is C19H27IN4OS. The van der Waals surface area contributed by atoms with E-state index in [1.807, 2.05) is 32.7 Å². The molecule has 3 rings (SSSR count). The summed E-state index contributed by atoms with van der Waals surface area (Å²) >= 11 is 1.95. The van der Waals surface area contributed by atoms with Gasteiger partial charge in [-0.25, -0.2) is 0 Å². The summed E-state index contributed by atoms with van der Waals surface area (Å²) in [6.45, 7) is 6.74. The molecule has 0 bridgehead atoms. The number of aromatic nitrogens is 1. The molecule has 1 N–H and O–H groups in total. The molecule has 0 saturated carbocycles. The first kappa shape index (κ1) is 21.1. The van der Waals surface area contributed by atoms with E-state index in [1.54, 1.807) is 0 Å². The van der Waals surface area contributed by atoms with Gasteiger partial charge in [0.1, 0.15) is 5.76 Å². The lowest BCUT2D eigenvalue weighted by Gasteiger charge is -2.21. The second-order valence-electron chi connectivity index (χ2n) is 6.43. The lowest BCUT2D eigenvalue weighted by atomic mass is 10.2. The first-order chi connectivity index (χ1) is 12.2. The molecule has 1 atom stereocenters. The zero-order valence-corrected chi connectivity index (χ0v) is 18.7. The maximum absolute atomic E-state index is 5.23. The van der Waals surface area contributed by atoms with Crippen molar-refractivity contribution >= 4 is 41.7 Å². The Labute approximate surface area is 177 Å². The number of hydrogen-bond donors (Lipinski definition) is 1. The summed E-state index contributed by atoms with van der Waals surface area (Å²) in [7, 11) is 1.85. The summed E-state index contributed by atoms with van der Waals surface area (Å²) in [6.07, 6.45) is 1.21. The number of guanidine groups is 1. The van der Waals surface area contributed by atoms with Crippen molar-refractivity contribution in [1.82, 2.24) is 15.4 Å². The molecular weight excluding hydrogens is 459 g/mol. The molecule has 142 valence electrons. The van der Waals surface area contributed by atoms with Gasteiger partial charge in [-0.2, -0.15) is 0 Å². The van der Waals surface area contributed by atoms with Crippen molar-refractivity contribution in [2.24, 2.45) is 10.9 Å². The second kappa shape index (κ2) is 10.2. The van der Waals surface area contributed by atoms with E-state index in [9.17, 15) is 0 Å². The lowest BCUT2D eigenvalue weighted by Crippen LogP contribution is -2.39. The quantitative estimate of drug-likeness (QED) is 0.299. The Morgan fingerprint density at radius 1 is 1.35 bits per heavy atom. The van der Waals surface area contributed by atoms with Gasteiger partial charge < -0.3 is 14.7 Å². The summed E-state index contributed by atoms with van der Waals surface area (Å²) in [5.41, 5.74) is 2.07. The third-order valence-corrected chi connectivity index (χ3v) is 5.87. The van der Waals surface area contributed by atoms with Gasteiger partial charge in [-0.1, -0.05) is 23.4 Å². The van der Waals surface area contributed by atoms with Crippen LogP contribution in [-0.4, -0.2) is 41.9 Å². The normalized spacial score (nSPS) is 17.3. The highest BCUT2D eigenvalue weighted by Gasteiger charge is 2.25.